The van der Waals surface area contributed by atoms with Gasteiger partial charge in [0.15, 0.2) is 0 Å². The van der Waals surface area contributed by atoms with Crippen LogP contribution in [-0.2, 0) is 4.79 Å². The van der Waals surface area contributed by atoms with Gasteiger partial charge in [-0.15, -0.1) is 0 Å². The third-order valence-electron chi connectivity index (χ3n) is 3.77. The first-order valence-electron chi connectivity index (χ1n) is 6.13. The average Bonchev–Trinajstić information content (AvgIpc) is 2.52. The fraction of sp³-hybridized carbons (Fsp3) is 0.917. The van der Waals surface area contributed by atoms with Crippen molar-refractivity contribution in [3.8, 4) is 0 Å². The lowest BCUT2D eigenvalue weighted by Crippen LogP contribution is -2.43. The van der Waals surface area contributed by atoms with Crippen molar-refractivity contribution in [3.05, 3.63) is 0 Å². The fourth-order valence-corrected chi connectivity index (χ4v) is 2.36. The van der Waals surface area contributed by atoms with Crippen molar-refractivity contribution < 1.29 is 23.1 Å². The number of carbonyl (C=O) groups excluding carboxylic acids is 1. The first kappa shape index (κ1) is 15.3. The zero-order valence-corrected chi connectivity index (χ0v) is 10.9. The second-order valence-corrected chi connectivity index (χ2v) is 5.44. The number of aliphatic hydroxyl groups is 1. The molecule has 0 saturated carbocycles. The lowest BCUT2D eigenvalue weighted by molar-refractivity contribution is -0.149. The number of hydrogen-bond donors (Lipinski definition) is 1. The molecule has 1 amide bonds. The van der Waals surface area contributed by atoms with Gasteiger partial charge in [-0.3, -0.25) is 4.79 Å². The number of carbonyl (C=O) groups is 1. The van der Waals surface area contributed by atoms with Crippen molar-refractivity contribution in [2.24, 2.45) is 11.8 Å². The minimum atomic E-state index is -4.31. The largest absolute Gasteiger partial charge is 0.389 e. The number of β-amino-alcohol motifs (C(OH)–C–C–N with tert-alkyl or cyclic N) is 1. The number of alkyl halides is 3. The number of hydrogen-bond acceptors (Lipinski definition) is 2. The molecule has 3 nitrogen and oxygen atoms in total. The van der Waals surface area contributed by atoms with Crippen LogP contribution in [0.1, 0.15) is 33.6 Å². The molecular weight excluding hydrogens is 247 g/mol. The van der Waals surface area contributed by atoms with Gasteiger partial charge in [-0.05, 0) is 5.92 Å². The van der Waals surface area contributed by atoms with Gasteiger partial charge in [-0.1, -0.05) is 20.8 Å². The summed E-state index contributed by atoms with van der Waals surface area (Å²) in [6.45, 7) is 5.96. The van der Waals surface area contributed by atoms with E-state index in [0.29, 0.717) is 6.54 Å². The van der Waals surface area contributed by atoms with Gasteiger partial charge in [0.05, 0.1) is 12.0 Å². The number of amides is 1. The summed E-state index contributed by atoms with van der Waals surface area (Å²) in [6.07, 6.45) is -5.95. The maximum absolute atomic E-state index is 12.0. The van der Waals surface area contributed by atoms with E-state index >= 15 is 0 Å². The molecule has 0 spiro atoms. The molecule has 18 heavy (non-hydrogen) atoms. The smallest absolute Gasteiger partial charge is 0.387 e. The van der Waals surface area contributed by atoms with Crippen LogP contribution in [0.2, 0.25) is 0 Å². The molecule has 0 radical (unpaired) electrons. The Hall–Kier alpha value is -0.780. The quantitative estimate of drug-likeness (QED) is 0.851. The molecular formula is C12H20F3NO2. The van der Waals surface area contributed by atoms with E-state index in [0.717, 1.165) is 0 Å². The van der Waals surface area contributed by atoms with Crippen LogP contribution >= 0.6 is 0 Å². The first-order chi connectivity index (χ1) is 8.06. The van der Waals surface area contributed by atoms with E-state index in [4.69, 9.17) is 0 Å². The summed E-state index contributed by atoms with van der Waals surface area (Å²) in [5.74, 6) is -0.684. The monoisotopic (exact) mass is 267 g/mol. The lowest BCUT2D eigenvalue weighted by Gasteiger charge is -2.31. The van der Waals surface area contributed by atoms with Crippen LogP contribution in [0, 0.1) is 11.8 Å². The second-order valence-electron chi connectivity index (χ2n) is 5.44. The maximum Gasteiger partial charge on any atom is 0.389 e. The van der Waals surface area contributed by atoms with E-state index in [2.05, 4.69) is 0 Å². The van der Waals surface area contributed by atoms with Gasteiger partial charge in [0, 0.05) is 25.4 Å². The Labute approximate surface area is 105 Å². The van der Waals surface area contributed by atoms with E-state index in [-0.39, 0.29) is 18.4 Å². The van der Waals surface area contributed by atoms with Crippen LogP contribution in [0.25, 0.3) is 0 Å². The van der Waals surface area contributed by atoms with E-state index in [1.807, 2.05) is 20.8 Å². The van der Waals surface area contributed by atoms with Crippen LogP contribution in [0.15, 0.2) is 0 Å². The summed E-state index contributed by atoms with van der Waals surface area (Å²) < 4.78 is 36.1. The predicted molar refractivity (Wildman–Crippen MR) is 60.8 cm³/mol. The third kappa shape index (κ3) is 3.37. The molecule has 1 N–H and O–H groups in total. The second kappa shape index (κ2) is 5.07. The van der Waals surface area contributed by atoms with Crippen molar-refractivity contribution in [1.82, 2.24) is 4.90 Å². The van der Waals surface area contributed by atoms with Crippen molar-refractivity contribution in [2.45, 2.75) is 45.4 Å². The molecule has 0 aromatic carbocycles. The average molecular weight is 267 g/mol. The summed E-state index contributed by atoms with van der Waals surface area (Å²) in [5.41, 5.74) is -0.992. The molecule has 0 bridgehead atoms. The summed E-state index contributed by atoms with van der Waals surface area (Å²) in [4.78, 5) is 13.0. The van der Waals surface area contributed by atoms with Crippen molar-refractivity contribution in [3.63, 3.8) is 0 Å². The number of likely N-dealkylation sites (tertiary alicyclic amines) is 1. The Morgan fingerprint density at radius 1 is 1.50 bits per heavy atom. The zero-order valence-electron chi connectivity index (χ0n) is 10.9. The topological polar surface area (TPSA) is 40.5 Å². The predicted octanol–water partition coefficient (Wildman–Crippen LogP) is 2.19. The summed E-state index contributed by atoms with van der Waals surface area (Å²) in [5, 5.41) is 10.4. The molecule has 1 rings (SSSR count). The van der Waals surface area contributed by atoms with Crippen LogP contribution in [0.3, 0.4) is 0 Å². The van der Waals surface area contributed by atoms with Gasteiger partial charge < -0.3 is 10.0 Å². The Bertz CT molecular complexity index is 317. The summed E-state index contributed by atoms with van der Waals surface area (Å²) in [7, 11) is 0. The van der Waals surface area contributed by atoms with Crippen molar-refractivity contribution in [1.29, 1.82) is 0 Å². The minimum absolute atomic E-state index is 0.0343. The molecule has 1 fully saturated rings. The highest BCUT2D eigenvalue weighted by atomic mass is 19.4. The molecule has 1 aliphatic rings. The van der Waals surface area contributed by atoms with Crippen molar-refractivity contribution >= 4 is 5.91 Å². The number of halogens is 3. The van der Waals surface area contributed by atoms with E-state index in [1.54, 1.807) is 0 Å². The molecule has 0 aromatic heterocycles. The van der Waals surface area contributed by atoms with Gasteiger partial charge in [-0.25, -0.2) is 0 Å². The third-order valence-corrected chi connectivity index (χ3v) is 3.77. The summed E-state index contributed by atoms with van der Waals surface area (Å²) in [6, 6.07) is 0. The molecule has 1 heterocycles. The van der Waals surface area contributed by atoms with Gasteiger partial charge in [0.25, 0.3) is 0 Å². The Balaban J connectivity index is 2.58. The van der Waals surface area contributed by atoms with Gasteiger partial charge >= 0.3 is 6.18 Å². The van der Waals surface area contributed by atoms with Crippen LogP contribution in [-0.4, -0.2) is 40.8 Å². The molecule has 0 unspecified atom stereocenters. The lowest BCUT2D eigenvalue weighted by atomic mass is 9.82. The summed E-state index contributed by atoms with van der Waals surface area (Å²) >= 11 is 0. The van der Waals surface area contributed by atoms with Gasteiger partial charge in [0.1, 0.15) is 0 Å². The highest BCUT2D eigenvalue weighted by molar-refractivity contribution is 5.76. The van der Waals surface area contributed by atoms with Gasteiger partial charge in [-0.2, -0.15) is 13.2 Å². The van der Waals surface area contributed by atoms with Gasteiger partial charge in [0.2, 0.25) is 5.91 Å². The minimum Gasteiger partial charge on any atom is -0.387 e. The Morgan fingerprint density at radius 2 is 2.06 bits per heavy atom. The Morgan fingerprint density at radius 3 is 2.44 bits per heavy atom. The van der Waals surface area contributed by atoms with E-state index < -0.39 is 30.5 Å². The highest BCUT2D eigenvalue weighted by Crippen LogP contribution is 2.34. The van der Waals surface area contributed by atoms with Crippen LogP contribution < -0.4 is 0 Å². The normalized spacial score (nSPS) is 29.1. The maximum atomic E-state index is 12.0. The number of nitrogens with zero attached hydrogens (tertiary/aromatic N) is 1. The molecule has 6 heteroatoms. The van der Waals surface area contributed by atoms with Crippen molar-refractivity contribution in [2.75, 3.05) is 13.1 Å². The van der Waals surface area contributed by atoms with E-state index in [9.17, 15) is 23.1 Å². The Kier molecular flexibility index (Phi) is 4.30. The molecule has 1 saturated heterocycles. The van der Waals surface area contributed by atoms with Crippen LogP contribution in [0.5, 0.6) is 0 Å². The molecule has 0 aliphatic carbocycles. The zero-order chi connectivity index (χ0) is 14.1. The molecule has 0 aromatic rings. The van der Waals surface area contributed by atoms with Crippen LogP contribution in [0.4, 0.5) is 13.2 Å². The SMILES string of the molecule is CC(C)[C@@]1(O)CN(C(=O)CCC(F)(F)F)C[C@@H]1C. The molecule has 106 valence electrons. The molecule has 2 atom stereocenters. The number of rotatable bonds is 3. The van der Waals surface area contributed by atoms with E-state index in [1.165, 1.54) is 4.90 Å². The highest BCUT2D eigenvalue weighted by Gasteiger charge is 2.46. The first-order valence-corrected chi connectivity index (χ1v) is 6.13. The molecule has 1 aliphatic heterocycles. The standard InChI is InChI=1S/C12H20F3NO2/c1-8(2)11(18)7-16(6-9(11)3)10(17)4-5-12(13,14)15/h8-9,18H,4-7H2,1-3H3/t9-,11-/m0/s1. The fourth-order valence-electron chi connectivity index (χ4n) is 2.36.